The van der Waals surface area contributed by atoms with Gasteiger partial charge in [-0.3, -0.25) is 9.59 Å². The lowest BCUT2D eigenvalue weighted by Gasteiger charge is -2.07. The van der Waals surface area contributed by atoms with Crippen LogP contribution in [0, 0.1) is 0 Å². The van der Waals surface area contributed by atoms with Gasteiger partial charge >= 0.3 is 0 Å². The topological polar surface area (TPSA) is 67.4 Å². The molecule has 2 N–H and O–H groups in total. The fourth-order valence-corrected chi connectivity index (χ4v) is 1.31. The van der Waals surface area contributed by atoms with Gasteiger partial charge in [-0.2, -0.15) is 0 Å². The van der Waals surface area contributed by atoms with Crippen molar-refractivity contribution in [3.8, 4) is 5.75 Å². The normalized spacial score (nSPS) is 9.61. The average Bonchev–Trinajstić information content (AvgIpc) is 2.36. The van der Waals surface area contributed by atoms with E-state index in [-0.39, 0.29) is 11.8 Å². The number of ether oxygens (including phenoxy) is 1. The molecule has 0 aromatic heterocycles. The van der Waals surface area contributed by atoms with Crippen LogP contribution in [0.1, 0.15) is 13.3 Å². The zero-order chi connectivity index (χ0) is 13.2. The summed E-state index contributed by atoms with van der Waals surface area (Å²) in [6.07, 6.45) is 0.301. The zero-order valence-electron chi connectivity index (χ0n) is 10.4. The average molecular weight is 250 g/mol. The molecule has 0 saturated heterocycles. The second-order valence-corrected chi connectivity index (χ2v) is 3.74. The highest BCUT2D eigenvalue weighted by Gasteiger charge is 2.01. The Morgan fingerprint density at radius 1 is 1.11 bits per heavy atom. The summed E-state index contributed by atoms with van der Waals surface area (Å²) in [5.41, 5.74) is 0. The van der Waals surface area contributed by atoms with Crippen LogP contribution in [-0.4, -0.2) is 31.5 Å². The highest BCUT2D eigenvalue weighted by atomic mass is 16.5. The van der Waals surface area contributed by atoms with Crippen molar-refractivity contribution in [2.75, 3.05) is 19.7 Å². The van der Waals surface area contributed by atoms with Gasteiger partial charge in [0, 0.05) is 20.0 Å². The molecule has 18 heavy (non-hydrogen) atoms. The molecule has 1 rings (SSSR count). The standard InChI is InChI=1S/C13H18N2O3/c1-11(16)14-8-9-15-13(17)7-10-18-12-5-3-2-4-6-12/h2-6H,7-10H2,1H3,(H,14,16)(H,15,17). The molecule has 0 saturated carbocycles. The summed E-state index contributed by atoms with van der Waals surface area (Å²) in [4.78, 5) is 21.9. The Hall–Kier alpha value is -2.04. The van der Waals surface area contributed by atoms with Gasteiger partial charge in [0.1, 0.15) is 5.75 Å². The first-order chi connectivity index (χ1) is 8.68. The molecule has 2 amide bonds. The minimum absolute atomic E-state index is 0.0868. The fourth-order valence-electron chi connectivity index (χ4n) is 1.31. The van der Waals surface area contributed by atoms with Gasteiger partial charge in [0.2, 0.25) is 11.8 Å². The largest absolute Gasteiger partial charge is 0.493 e. The number of carbonyl (C=O) groups is 2. The Kier molecular flexibility index (Phi) is 6.32. The molecule has 0 aliphatic rings. The van der Waals surface area contributed by atoms with Crippen molar-refractivity contribution in [2.24, 2.45) is 0 Å². The minimum atomic E-state index is -0.100. The van der Waals surface area contributed by atoms with Crippen molar-refractivity contribution in [3.05, 3.63) is 30.3 Å². The Balaban J connectivity index is 2.05. The van der Waals surface area contributed by atoms with Gasteiger partial charge in [-0.05, 0) is 12.1 Å². The van der Waals surface area contributed by atoms with Crippen LogP contribution in [0.15, 0.2) is 30.3 Å². The first kappa shape index (κ1) is 14.0. The van der Waals surface area contributed by atoms with E-state index in [1.807, 2.05) is 30.3 Å². The predicted molar refractivity (Wildman–Crippen MR) is 68.2 cm³/mol. The predicted octanol–water partition coefficient (Wildman–Crippen LogP) is 0.708. The monoisotopic (exact) mass is 250 g/mol. The number of para-hydroxylation sites is 1. The molecular formula is C13H18N2O3. The van der Waals surface area contributed by atoms with Crippen LogP contribution in [0.2, 0.25) is 0 Å². The molecule has 0 unspecified atom stereocenters. The number of carbonyl (C=O) groups excluding carboxylic acids is 2. The van der Waals surface area contributed by atoms with E-state index in [0.29, 0.717) is 26.1 Å². The summed E-state index contributed by atoms with van der Waals surface area (Å²) in [7, 11) is 0. The number of hydrogen-bond donors (Lipinski definition) is 2. The molecule has 0 aliphatic carbocycles. The molecule has 0 radical (unpaired) electrons. The van der Waals surface area contributed by atoms with Crippen molar-refractivity contribution in [1.29, 1.82) is 0 Å². The van der Waals surface area contributed by atoms with Crippen LogP contribution >= 0.6 is 0 Å². The molecule has 0 heterocycles. The Labute approximate surface area is 107 Å². The second-order valence-electron chi connectivity index (χ2n) is 3.74. The van der Waals surface area contributed by atoms with Crippen molar-refractivity contribution in [3.63, 3.8) is 0 Å². The van der Waals surface area contributed by atoms with Crippen LogP contribution < -0.4 is 15.4 Å². The Morgan fingerprint density at radius 3 is 2.44 bits per heavy atom. The zero-order valence-corrected chi connectivity index (χ0v) is 10.4. The van der Waals surface area contributed by atoms with Gasteiger partial charge in [-0.1, -0.05) is 18.2 Å². The fraction of sp³-hybridized carbons (Fsp3) is 0.385. The summed E-state index contributed by atoms with van der Waals surface area (Å²) >= 11 is 0. The Morgan fingerprint density at radius 2 is 1.78 bits per heavy atom. The highest BCUT2D eigenvalue weighted by molar-refractivity contribution is 5.76. The maximum Gasteiger partial charge on any atom is 0.223 e. The van der Waals surface area contributed by atoms with E-state index in [1.54, 1.807) is 0 Å². The van der Waals surface area contributed by atoms with Crippen molar-refractivity contribution >= 4 is 11.8 Å². The summed E-state index contributed by atoms with van der Waals surface area (Å²) < 4.78 is 5.39. The maximum atomic E-state index is 11.4. The quantitative estimate of drug-likeness (QED) is 0.700. The van der Waals surface area contributed by atoms with Crippen LogP contribution in [0.3, 0.4) is 0 Å². The molecule has 1 aromatic rings. The van der Waals surface area contributed by atoms with E-state index in [2.05, 4.69) is 10.6 Å². The van der Waals surface area contributed by atoms with E-state index in [0.717, 1.165) is 5.75 Å². The van der Waals surface area contributed by atoms with E-state index >= 15 is 0 Å². The maximum absolute atomic E-state index is 11.4. The molecule has 0 spiro atoms. The highest BCUT2D eigenvalue weighted by Crippen LogP contribution is 2.08. The molecule has 1 aromatic carbocycles. The van der Waals surface area contributed by atoms with Gasteiger partial charge in [0.25, 0.3) is 0 Å². The number of nitrogens with one attached hydrogen (secondary N) is 2. The van der Waals surface area contributed by atoms with Crippen LogP contribution in [0.4, 0.5) is 0 Å². The van der Waals surface area contributed by atoms with Gasteiger partial charge in [-0.25, -0.2) is 0 Å². The van der Waals surface area contributed by atoms with Gasteiger partial charge < -0.3 is 15.4 Å². The number of hydrogen-bond acceptors (Lipinski definition) is 3. The smallest absolute Gasteiger partial charge is 0.223 e. The molecule has 0 aliphatic heterocycles. The first-order valence-electron chi connectivity index (χ1n) is 5.87. The van der Waals surface area contributed by atoms with Gasteiger partial charge in [0.05, 0.1) is 13.0 Å². The van der Waals surface area contributed by atoms with Crippen molar-refractivity contribution in [2.45, 2.75) is 13.3 Å². The van der Waals surface area contributed by atoms with Gasteiger partial charge in [0.15, 0.2) is 0 Å². The molecule has 98 valence electrons. The van der Waals surface area contributed by atoms with Crippen LogP contribution in [0.25, 0.3) is 0 Å². The second kappa shape index (κ2) is 8.11. The lowest BCUT2D eigenvalue weighted by molar-refractivity contribution is -0.122. The Bertz CT molecular complexity index is 379. The number of amides is 2. The summed E-state index contributed by atoms with van der Waals surface area (Å²) in [5, 5.41) is 5.29. The van der Waals surface area contributed by atoms with Crippen LogP contribution in [-0.2, 0) is 9.59 Å². The molecule has 5 heteroatoms. The third kappa shape index (κ3) is 6.52. The SMILES string of the molecule is CC(=O)NCCNC(=O)CCOc1ccccc1. The minimum Gasteiger partial charge on any atom is -0.493 e. The number of benzene rings is 1. The van der Waals surface area contributed by atoms with E-state index in [4.69, 9.17) is 4.74 Å². The lowest BCUT2D eigenvalue weighted by atomic mass is 10.3. The van der Waals surface area contributed by atoms with Gasteiger partial charge in [-0.15, -0.1) is 0 Å². The van der Waals surface area contributed by atoms with E-state index in [1.165, 1.54) is 6.92 Å². The number of rotatable bonds is 7. The molecule has 0 fully saturated rings. The van der Waals surface area contributed by atoms with Crippen molar-refractivity contribution < 1.29 is 14.3 Å². The molecular weight excluding hydrogens is 232 g/mol. The lowest BCUT2D eigenvalue weighted by Crippen LogP contribution is -2.34. The molecule has 0 atom stereocenters. The molecule has 5 nitrogen and oxygen atoms in total. The molecule has 0 bridgehead atoms. The van der Waals surface area contributed by atoms with E-state index < -0.39 is 0 Å². The summed E-state index contributed by atoms with van der Waals surface area (Å²) in [6, 6.07) is 9.34. The van der Waals surface area contributed by atoms with E-state index in [9.17, 15) is 9.59 Å². The van der Waals surface area contributed by atoms with Crippen LogP contribution in [0.5, 0.6) is 5.75 Å². The third-order valence-electron chi connectivity index (χ3n) is 2.16. The van der Waals surface area contributed by atoms with Crippen molar-refractivity contribution in [1.82, 2.24) is 10.6 Å². The summed E-state index contributed by atoms with van der Waals surface area (Å²) in [5.74, 6) is 0.566. The summed E-state index contributed by atoms with van der Waals surface area (Å²) in [6.45, 7) is 2.66. The third-order valence-corrected chi connectivity index (χ3v) is 2.16. The first-order valence-corrected chi connectivity index (χ1v) is 5.87.